The number of anilines is 6. The molecule has 8 aromatic rings. The van der Waals surface area contributed by atoms with Crippen LogP contribution in [0.4, 0.5) is 34.1 Å². The van der Waals surface area contributed by atoms with Gasteiger partial charge in [-0.05, 0) is 0 Å². The van der Waals surface area contributed by atoms with Gasteiger partial charge in [-0.2, -0.15) is 0 Å². The van der Waals surface area contributed by atoms with Gasteiger partial charge in [0.25, 0.3) is 0 Å². The summed E-state index contributed by atoms with van der Waals surface area (Å²) in [5, 5.41) is 0. The van der Waals surface area contributed by atoms with Crippen LogP contribution in [0.15, 0.2) is 231 Å². The van der Waals surface area contributed by atoms with E-state index in [4.69, 9.17) is 0 Å². The van der Waals surface area contributed by atoms with E-state index in [2.05, 4.69) is 240 Å². The van der Waals surface area contributed by atoms with Crippen molar-refractivity contribution in [2.75, 3.05) is 9.80 Å². The van der Waals surface area contributed by atoms with Crippen LogP contribution in [-0.4, -0.2) is 13.3 Å². The second-order valence-electron chi connectivity index (χ2n) is 12.6. The van der Waals surface area contributed by atoms with Gasteiger partial charge in [-0.3, -0.25) is 0 Å². The van der Waals surface area contributed by atoms with Crippen molar-refractivity contribution in [2.45, 2.75) is 0 Å². The Labute approximate surface area is 303 Å². The van der Waals surface area contributed by atoms with Gasteiger partial charge in [0, 0.05) is 0 Å². The molecule has 0 N–H and O–H groups in total. The van der Waals surface area contributed by atoms with Crippen molar-refractivity contribution >= 4 is 65.0 Å². The molecule has 0 aromatic heterocycles. The first-order valence-electron chi connectivity index (χ1n) is 17.4. The normalized spacial score (nSPS) is 11.1. The van der Waals surface area contributed by atoms with Gasteiger partial charge in [0.2, 0.25) is 0 Å². The third-order valence-corrected chi connectivity index (χ3v) is 19.7. The molecule has 0 saturated carbocycles. The quantitative estimate of drug-likeness (QED) is 0.130. The number of nitrogens with zero attached hydrogens (tertiary/aromatic N) is 2. The Balaban J connectivity index is 1.24. The molecule has 0 unspecified atom stereocenters. The summed E-state index contributed by atoms with van der Waals surface area (Å²) in [4.78, 5) is 4.65. The second-order valence-corrected chi connectivity index (χ2v) is 20.6. The number of hydrogen-bond acceptors (Lipinski definition) is 2. The molecule has 8 aromatic carbocycles. The van der Waals surface area contributed by atoms with E-state index in [1.165, 1.54) is 17.6 Å². The van der Waals surface area contributed by atoms with Crippen LogP contribution in [0.1, 0.15) is 0 Å². The van der Waals surface area contributed by atoms with Crippen molar-refractivity contribution in [3.8, 4) is 0 Å². The predicted molar refractivity (Wildman–Crippen MR) is 219 cm³/mol. The molecule has 0 heterocycles. The van der Waals surface area contributed by atoms with Gasteiger partial charge in [0.05, 0.1) is 0 Å². The summed E-state index contributed by atoms with van der Waals surface area (Å²) in [7, 11) is 0. The Morgan fingerprint density at radius 1 is 0.196 bits per heavy atom. The van der Waals surface area contributed by atoms with Crippen LogP contribution in [0.25, 0.3) is 0 Å². The first kappa shape index (κ1) is 32.1. The van der Waals surface area contributed by atoms with E-state index in [1.807, 2.05) is 0 Å². The van der Waals surface area contributed by atoms with Crippen LogP contribution in [0.5, 0.6) is 0 Å². The number of para-hydroxylation sites is 3. The Kier molecular flexibility index (Phi) is 9.32. The van der Waals surface area contributed by atoms with Crippen LogP contribution in [0.3, 0.4) is 0 Å². The van der Waals surface area contributed by atoms with E-state index < -0.39 is 13.3 Å². The van der Waals surface area contributed by atoms with Crippen molar-refractivity contribution in [1.82, 2.24) is 0 Å². The molecule has 0 amide bonds. The van der Waals surface area contributed by atoms with Crippen LogP contribution in [0, 0.1) is 0 Å². The summed E-state index contributed by atoms with van der Waals surface area (Å²) in [6.07, 6.45) is 0. The molecular formula is C48H38GeN2. The predicted octanol–water partition coefficient (Wildman–Crippen LogP) is 10.0. The summed E-state index contributed by atoms with van der Waals surface area (Å²) < 4.78 is 5.64. The molecule has 2 nitrogen and oxygen atoms in total. The maximum absolute atomic E-state index is 3.37. The third-order valence-electron chi connectivity index (χ3n) is 9.59. The summed E-state index contributed by atoms with van der Waals surface area (Å²) >= 11 is -3.37. The minimum absolute atomic E-state index is 1.10. The van der Waals surface area contributed by atoms with Gasteiger partial charge >= 0.3 is 269 Å². The van der Waals surface area contributed by atoms with Crippen LogP contribution >= 0.6 is 0 Å². The van der Waals surface area contributed by atoms with Gasteiger partial charge in [-0.25, -0.2) is 0 Å². The van der Waals surface area contributed by atoms with E-state index in [1.54, 1.807) is 0 Å². The molecule has 0 fully saturated rings. The van der Waals surface area contributed by atoms with Crippen LogP contribution in [0.2, 0.25) is 0 Å². The molecular weight excluding hydrogens is 677 g/mol. The van der Waals surface area contributed by atoms with E-state index in [9.17, 15) is 0 Å². The fourth-order valence-electron chi connectivity index (χ4n) is 7.30. The summed E-state index contributed by atoms with van der Waals surface area (Å²) in [6.45, 7) is 0. The van der Waals surface area contributed by atoms with Gasteiger partial charge < -0.3 is 0 Å². The summed E-state index contributed by atoms with van der Waals surface area (Å²) in [5.41, 5.74) is 6.67. The zero-order valence-corrected chi connectivity index (χ0v) is 30.4. The van der Waals surface area contributed by atoms with Crippen molar-refractivity contribution in [2.24, 2.45) is 0 Å². The van der Waals surface area contributed by atoms with Crippen molar-refractivity contribution in [1.29, 1.82) is 0 Å². The SMILES string of the molecule is c1ccc(N(c2ccccc2)c2ccc(N(c3ccccc3)c3cc[c]([Ge]([c]4ccccc4)([c]4ccccc4)[c]4ccccc4)cc3)cc2)cc1. The van der Waals surface area contributed by atoms with Gasteiger partial charge in [0.1, 0.15) is 0 Å². The maximum atomic E-state index is 2.39. The van der Waals surface area contributed by atoms with E-state index in [0.717, 1.165) is 34.1 Å². The van der Waals surface area contributed by atoms with Crippen molar-refractivity contribution in [3.63, 3.8) is 0 Å². The van der Waals surface area contributed by atoms with E-state index in [-0.39, 0.29) is 0 Å². The summed E-state index contributed by atoms with van der Waals surface area (Å²) in [5.74, 6) is 0. The minimum atomic E-state index is -3.37. The smallest absolute Gasteiger partial charge is 0.0602 e. The van der Waals surface area contributed by atoms with Crippen molar-refractivity contribution < 1.29 is 0 Å². The van der Waals surface area contributed by atoms with Crippen LogP contribution in [-0.2, 0) is 0 Å². The van der Waals surface area contributed by atoms with Gasteiger partial charge in [0.15, 0.2) is 0 Å². The molecule has 244 valence electrons. The van der Waals surface area contributed by atoms with Gasteiger partial charge in [-0.1, -0.05) is 36.4 Å². The topological polar surface area (TPSA) is 6.48 Å². The molecule has 0 atom stereocenters. The number of rotatable bonds is 10. The standard InChI is InChI=1S/C48H38GeN2/c1-7-19-39(20-8-1)49(40-21-9-2-10-22-40,41-23-11-3-12-24-41)42-31-33-46(34-32-42)51(45-29-17-6-18-30-45)48-37-35-47(36-38-48)50(43-25-13-4-14-26-43)44-27-15-5-16-28-44/h1-38H. The zero-order chi connectivity index (χ0) is 34.3. The molecule has 8 rings (SSSR count). The molecule has 0 aliphatic rings. The molecule has 0 aliphatic heterocycles. The number of hydrogen-bond donors (Lipinski definition) is 0. The fourth-order valence-corrected chi connectivity index (χ4v) is 17.3. The molecule has 0 spiro atoms. The van der Waals surface area contributed by atoms with E-state index >= 15 is 0 Å². The molecule has 3 heteroatoms. The van der Waals surface area contributed by atoms with Crippen LogP contribution < -0.4 is 27.4 Å². The molecule has 0 aliphatic carbocycles. The Bertz CT molecular complexity index is 2130. The Morgan fingerprint density at radius 2 is 0.392 bits per heavy atom. The Morgan fingerprint density at radius 3 is 0.667 bits per heavy atom. The third kappa shape index (κ3) is 6.38. The monoisotopic (exact) mass is 716 g/mol. The first-order chi connectivity index (χ1) is 25.3. The molecule has 51 heavy (non-hydrogen) atoms. The first-order valence-corrected chi connectivity index (χ1v) is 21.6. The molecule has 0 radical (unpaired) electrons. The summed E-state index contributed by atoms with van der Waals surface area (Å²) in [6, 6.07) is 83.6. The fraction of sp³-hybridized carbons (Fsp3) is 0. The van der Waals surface area contributed by atoms with Crippen molar-refractivity contribution in [3.05, 3.63) is 231 Å². The molecule has 0 saturated heterocycles. The molecule has 0 bridgehead atoms. The minimum Gasteiger partial charge on any atom is -0.0602 e. The van der Waals surface area contributed by atoms with E-state index in [0.29, 0.717) is 0 Å². The average molecular weight is 715 g/mol. The van der Waals surface area contributed by atoms with Gasteiger partial charge in [-0.15, -0.1) is 0 Å². The Hall–Kier alpha value is -6.10. The average Bonchev–Trinajstić information content (AvgIpc) is 3.22. The second kappa shape index (κ2) is 14.8. The zero-order valence-electron chi connectivity index (χ0n) is 28.3. The number of benzene rings is 8.